The van der Waals surface area contributed by atoms with E-state index >= 15 is 0 Å². The molecular formula is C21H26N4O4. The first-order valence-corrected chi connectivity index (χ1v) is 9.58. The molecule has 0 aliphatic carbocycles. The summed E-state index contributed by atoms with van der Waals surface area (Å²) in [6.07, 6.45) is 0. The number of carbonyl (C=O) groups excluding carboxylic acids is 1. The molecule has 2 aromatic rings. The molecule has 1 aliphatic heterocycles. The van der Waals surface area contributed by atoms with Crippen molar-refractivity contribution in [3.05, 3.63) is 69.8 Å². The fraction of sp³-hybridized carbons (Fsp3) is 0.381. The smallest absolute Gasteiger partial charge is 0.270 e. The Morgan fingerprint density at radius 2 is 1.90 bits per heavy atom. The molecular weight excluding hydrogens is 372 g/mol. The van der Waals surface area contributed by atoms with E-state index in [-0.39, 0.29) is 17.6 Å². The van der Waals surface area contributed by atoms with Crippen LogP contribution >= 0.6 is 0 Å². The molecule has 1 N–H and O–H groups in total. The van der Waals surface area contributed by atoms with Crippen LogP contribution in [0.15, 0.2) is 48.5 Å². The Morgan fingerprint density at radius 1 is 1.21 bits per heavy atom. The van der Waals surface area contributed by atoms with E-state index in [4.69, 9.17) is 4.74 Å². The van der Waals surface area contributed by atoms with Gasteiger partial charge in [0.25, 0.3) is 11.6 Å². The molecule has 29 heavy (non-hydrogen) atoms. The Morgan fingerprint density at radius 3 is 2.52 bits per heavy atom. The number of rotatable bonds is 7. The minimum absolute atomic E-state index is 0.00863. The number of ether oxygens (including phenoxy) is 1. The molecule has 1 aliphatic rings. The van der Waals surface area contributed by atoms with Gasteiger partial charge < -0.3 is 19.9 Å². The van der Waals surface area contributed by atoms with Crippen LogP contribution in [0.5, 0.6) is 0 Å². The third-order valence-electron chi connectivity index (χ3n) is 5.05. The molecule has 0 saturated carbocycles. The highest BCUT2D eigenvalue weighted by Crippen LogP contribution is 2.27. The van der Waals surface area contributed by atoms with Crippen LogP contribution in [-0.4, -0.2) is 62.7 Å². The molecule has 8 heteroatoms. The van der Waals surface area contributed by atoms with E-state index < -0.39 is 4.92 Å². The van der Waals surface area contributed by atoms with Crippen LogP contribution in [-0.2, 0) is 4.74 Å². The molecule has 154 valence electrons. The SMILES string of the molecule is CN(C)C(CNC(=O)c1cc([N+](=O)[O-])ccc1N1CCOCC1)c1ccccc1. The number of nitro groups is 1. The Labute approximate surface area is 170 Å². The van der Waals surface area contributed by atoms with Crippen molar-refractivity contribution < 1.29 is 14.5 Å². The summed E-state index contributed by atoms with van der Waals surface area (Å²) in [5, 5.41) is 14.2. The molecule has 1 saturated heterocycles. The maximum atomic E-state index is 13.0. The lowest BCUT2D eigenvalue weighted by Crippen LogP contribution is -2.39. The molecule has 1 fully saturated rings. The number of amides is 1. The second-order valence-corrected chi connectivity index (χ2v) is 7.16. The number of nitrogens with zero attached hydrogens (tertiary/aromatic N) is 3. The number of nitro benzene ring substituents is 1. The van der Waals surface area contributed by atoms with Gasteiger partial charge in [-0.2, -0.15) is 0 Å². The number of carbonyl (C=O) groups is 1. The Balaban J connectivity index is 1.82. The number of hydrogen-bond donors (Lipinski definition) is 1. The van der Waals surface area contributed by atoms with Gasteiger partial charge >= 0.3 is 0 Å². The summed E-state index contributed by atoms with van der Waals surface area (Å²) in [6.45, 7) is 2.80. The number of benzene rings is 2. The third-order valence-corrected chi connectivity index (χ3v) is 5.05. The van der Waals surface area contributed by atoms with Crippen molar-refractivity contribution in [2.45, 2.75) is 6.04 Å². The fourth-order valence-corrected chi connectivity index (χ4v) is 3.46. The molecule has 1 unspecified atom stereocenters. The van der Waals surface area contributed by atoms with Crippen molar-refractivity contribution in [1.29, 1.82) is 0 Å². The lowest BCUT2D eigenvalue weighted by atomic mass is 10.1. The van der Waals surface area contributed by atoms with Gasteiger partial charge in [0.05, 0.1) is 35.4 Å². The van der Waals surface area contributed by atoms with Gasteiger partial charge in [-0.25, -0.2) is 0 Å². The minimum Gasteiger partial charge on any atom is -0.378 e. The maximum absolute atomic E-state index is 13.0. The Kier molecular flexibility index (Phi) is 6.79. The van der Waals surface area contributed by atoms with Crippen molar-refractivity contribution in [3.8, 4) is 0 Å². The van der Waals surface area contributed by atoms with E-state index in [0.29, 0.717) is 44.1 Å². The van der Waals surface area contributed by atoms with Gasteiger partial charge in [0, 0.05) is 31.8 Å². The van der Waals surface area contributed by atoms with Gasteiger partial charge in [-0.3, -0.25) is 14.9 Å². The largest absolute Gasteiger partial charge is 0.378 e. The monoisotopic (exact) mass is 398 g/mol. The van der Waals surface area contributed by atoms with E-state index in [1.54, 1.807) is 6.07 Å². The van der Waals surface area contributed by atoms with Gasteiger partial charge in [-0.05, 0) is 25.7 Å². The van der Waals surface area contributed by atoms with Gasteiger partial charge in [-0.1, -0.05) is 30.3 Å². The van der Waals surface area contributed by atoms with E-state index in [2.05, 4.69) is 5.32 Å². The molecule has 1 atom stereocenters. The van der Waals surface area contributed by atoms with Crippen molar-refractivity contribution in [2.24, 2.45) is 0 Å². The van der Waals surface area contributed by atoms with Crippen LogP contribution in [0, 0.1) is 10.1 Å². The number of anilines is 1. The zero-order valence-electron chi connectivity index (χ0n) is 16.7. The van der Waals surface area contributed by atoms with E-state index in [1.807, 2.05) is 54.2 Å². The zero-order chi connectivity index (χ0) is 20.8. The molecule has 1 amide bonds. The average Bonchev–Trinajstić information content (AvgIpc) is 2.74. The summed E-state index contributed by atoms with van der Waals surface area (Å²) < 4.78 is 5.38. The van der Waals surface area contributed by atoms with E-state index in [9.17, 15) is 14.9 Å². The Bertz CT molecular complexity index is 851. The number of nitrogens with one attached hydrogen (secondary N) is 1. The summed E-state index contributed by atoms with van der Waals surface area (Å²) in [7, 11) is 3.91. The summed E-state index contributed by atoms with van der Waals surface area (Å²) >= 11 is 0. The number of morpholine rings is 1. The van der Waals surface area contributed by atoms with Crippen molar-refractivity contribution in [3.63, 3.8) is 0 Å². The molecule has 0 bridgehead atoms. The van der Waals surface area contributed by atoms with E-state index in [1.165, 1.54) is 12.1 Å². The molecule has 0 spiro atoms. The van der Waals surface area contributed by atoms with Crippen LogP contribution < -0.4 is 10.2 Å². The zero-order valence-corrected chi connectivity index (χ0v) is 16.7. The molecule has 3 rings (SSSR count). The van der Waals surface area contributed by atoms with Crippen LogP contribution in [0.25, 0.3) is 0 Å². The van der Waals surface area contributed by atoms with Gasteiger partial charge in [0.15, 0.2) is 0 Å². The number of hydrogen-bond acceptors (Lipinski definition) is 6. The maximum Gasteiger partial charge on any atom is 0.270 e. The third kappa shape index (κ3) is 5.10. The molecule has 2 aromatic carbocycles. The summed E-state index contributed by atoms with van der Waals surface area (Å²) in [6, 6.07) is 14.3. The second-order valence-electron chi connectivity index (χ2n) is 7.16. The lowest BCUT2D eigenvalue weighted by molar-refractivity contribution is -0.384. The van der Waals surface area contributed by atoms with Crippen LogP contribution in [0.4, 0.5) is 11.4 Å². The highest BCUT2D eigenvalue weighted by molar-refractivity contribution is 6.00. The van der Waals surface area contributed by atoms with Crippen molar-refractivity contribution in [2.75, 3.05) is 51.8 Å². The number of likely N-dealkylation sites (N-methyl/N-ethyl adjacent to an activating group) is 1. The summed E-state index contributed by atoms with van der Waals surface area (Å²) in [5.41, 5.74) is 1.99. The highest BCUT2D eigenvalue weighted by Gasteiger charge is 2.23. The van der Waals surface area contributed by atoms with Gasteiger partial charge in [0.1, 0.15) is 0 Å². The summed E-state index contributed by atoms with van der Waals surface area (Å²) in [4.78, 5) is 27.9. The number of non-ortho nitro benzene ring substituents is 1. The van der Waals surface area contributed by atoms with Crippen molar-refractivity contribution in [1.82, 2.24) is 10.2 Å². The van der Waals surface area contributed by atoms with Crippen molar-refractivity contribution >= 4 is 17.3 Å². The van der Waals surface area contributed by atoms with Gasteiger partial charge in [-0.15, -0.1) is 0 Å². The van der Waals surface area contributed by atoms with Gasteiger partial charge in [0.2, 0.25) is 0 Å². The highest BCUT2D eigenvalue weighted by atomic mass is 16.6. The Hall–Kier alpha value is -2.97. The van der Waals surface area contributed by atoms with Crippen LogP contribution in [0.3, 0.4) is 0 Å². The summed E-state index contributed by atoms with van der Waals surface area (Å²) in [5.74, 6) is -0.321. The van der Waals surface area contributed by atoms with Crippen LogP contribution in [0.1, 0.15) is 22.0 Å². The topological polar surface area (TPSA) is 88.0 Å². The first-order chi connectivity index (χ1) is 14.0. The fourth-order valence-electron chi connectivity index (χ4n) is 3.46. The minimum atomic E-state index is -0.480. The van der Waals surface area contributed by atoms with Crippen LogP contribution in [0.2, 0.25) is 0 Å². The van der Waals surface area contributed by atoms with E-state index in [0.717, 1.165) is 5.56 Å². The predicted molar refractivity (Wildman–Crippen MR) is 111 cm³/mol. The average molecular weight is 398 g/mol. The molecule has 8 nitrogen and oxygen atoms in total. The quantitative estimate of drug-likeness (QED) is 0.569. The second kappa shape index (κ2) is 9.49. The lowest BCUT2D eigenvalue weighted by Gasteiger charge is -2.30. The standard InChI is InChI=1S/C21H26N4O4/c1-23(2)20(16-6-4-3-5-7-16)15-22-21(26)18-14-17(25(27)28)8-9-19(18)24-10-12-29-13-11-24/h3-9,14,20H,10-13,15H2,1-2H3,(H,22,26). The molecule has 0 radical (unpaired) electrons. The normalized spacial score (nSPS) is 15.2. The predicted octanol–water partition coefficient (Wildman–Crippen LogP) is 2.46. The molecule has 0 aromatic heterocycles. The first-order valence-electron chi connectivity index (χ1n) is 9.58. The molecule has 1 heterocycles. The first kappa shape index (κ1) is 20.8.